The SMILES string of the molecule is Cc1c(/C=N\NC(=O)[C@@H]2CCS(=O)(=O)C2)n(C)n(-c2ccccc2)c1=O. The Labute approximate surface area is 151 Å². The van der Waals surface area contributed by atoms with Gasteiger partial charge in [-0.2, -0.15) is 5.10 Å². The second-order valence-corrected chi connectivity index (χ2v) is 8.55. The summed E-state index contributed by atoms with van der Waals surface area (Å²) in [4.78, 5) is 24.5. The van der Waals surface area contributed by atoms with Crippen LogP contribution >= 0.6 is 0 Å². The first-order chi connectivity index (χ1) is 12.3. The zero-order valence-electron chi connectivity index (χ0n) is 14.5. The van der Waals surface area contributed by atoms with Gasteiger partial charge in [-0.15, -0.1) is 0 Å². The van der Waals surface area contributed by atoms with E-state index in [2.05, 4.69) is 10.5 Å². The first-order valence-corrected chi connectivity index (χ1v) is 9.99. The maximum Gasteiger partial charge on any atom is 0.274 e. The molecule has 2 heterocycles. The molecule has 26 heavy (non-hydrogen) atoms. The highest BCUT2D eigenvalue weighted by Crippen LogP contribution is 2.18. The number of nitrogens with one attached hydrogen (secondary N) is 1. The Morgan fingerprint density at radius 3 is 2.62 bits per heavy atom. The molecular formula is C17H20N4O4S. The second-order valence-electron chi connectivity index (χ2n) is 6.32. The van der Waals surface area contributed by atoms with Crippen LogP contribution in [0.4, 0.5) is 0 Å². The summed E-state index contributed by atoms with van der Waals surface area (Å²) in [7, 11) is -1.40. The minimum atomic E-state index is -3.13. The van der Waals surface area contributed by atoms with Crippen molar-refractivity contribution in [1.29, 1.82) is 0 Å². The van der Waals surface area contributed by atoms with Crippen molar-refractivity contribution in [3.05, 3.63) is 51.9 Å². The second kappa shape index (κ2) is 6.91. The van der Waals surface area contributed by atoms with Crippen LogP contribution in [0.25, 0.3) is 5.69 Å². The van der Waals surface area contributed by atoms with Crippen LogP contribution in [-0.4, -0.2) is 41.4 Å². The lowest BCUT2D eigenvalue weighted by molar-refractivity contribution is -0.124. The van der Waals surface area contributed by atoms with Crippen molar-refractivity contribution in [2.45, 2.75) is 13.3 Å². The number of carbonyl (C=O) groups excluding carboxylic acids is 1. The van der Waals surface area contributed by atoms with E-state index in [0.717, 1.165) is 5.69 Å². The Bertz CT molecular complexity index is 1020. The van der Waals surface area contributed by atoms with Crippen LogP contribution in [-0.2, 0) is 21.7 Å². The van der Waals surface area contributed by atoms with E-state index in [1.54, 1.807) is 18.7 Å². The zero-order valence-corrected chi connectivity index (χ0v) is 15.4. The molecule has 3 rings (SSSR count). The number of para-hydroxylation sites is 1. The van der Waals surface area contributed by atoms with Crippen LogP contribution in [0.1, 0.15) is 17.7 Å². The van der Waals surface area contributed by atoms with Gasteiger partial charge in [-0.25, -0.2) is 18.5 Å². The molecule has 1 amide bonds. The Kier molecular flexibility index (Phi) is 4.82. The third kappa shape index (κ3) is 3.48. The van der Waals surface area contributed by atoms with Crippen molar-refractivity contribution >= 4 is 22.0 Å². The van der Waals surface area contributed by atoms with Gasteiger partial charge in [0.25, 0.3) is 5.56 Å². The predicted molar refractivity (Wildman–Crippen MR) is 98.2 cm³/mol. The van der Waals surface area contributed by atoms with E-state index in [-0.39, 0.29) is 17.1 Å². The molecule has 0 saturated carbocycles. The molecule has 1 aromatic carbocycles. The monoisotopic (exact) mass is 376 g/mol. The van der Waals surface area contributed by atoms with Crippen LogP contribution < -0.4 is 11.0 Å². The molecule has 1 aromatic heterocycles. The third-order valence-electron chi connectivity index (χ3n) is 4.51. The molecule has 1 fully saturated rings. The van der Waals surface area contributed by atoms with Crippen LogP contribution in [0.5, 0.6) is 0 Å². The highest BCUT2D eigenvalue weighted by molar-refractivity contribution is 7.91. The Balaban J connectivity index is 1.79. The van der Waals surface area contributed by atoms with Crippen LogP contribution in [0.2, 0.25) is 0 Å². The summed E-state index contributed by atoms with van der Waals surface area (Å²) in [5, 5.41) is 3.91. The van der Waals surface area contributed by atoms with Crippen LogP contribution in [0.15, 0.2) is 40.2 Å². The molecular weight excluding hydrogens is 356 g/mol. The fraction of sp³-hybridized carbons (Fsp3) is 0.353. The lowest BCUT2D eigenvalue weighted by Gasteiger charge is -2.08. The molecule has 0 unspecified atom stereocenters. The molecule has 0 aliphatic carbocycles. The van der Waals surface area contributed by atoms with E-state index in [4.69, 9.17) is 0 Å². The van der Waals surface area contributed by atoms with E-state index in [1.807, 2.05) is 30.3 Å². The average molecular weight is 376 g/mol. The van der Waals surface area contributed by atoms with Gasteiger partial charge < -0.3 is 0 Å². The molecule has 1 aliphatic heterocycles. The topological polar surface area (TPSA) is 103 Å². The summed E-state index contributed by atoms with van der Waals surface area (Å²) in [5.41, 5.74) is 3.98. The summed E-state index contributed by atoms with van der Waals surface area (Å²) in [6.45, 7) is 1.69. The van der Waals surface area contributed by atoms with Crippen molar-refractivity contribution in [3.63, 3.8) is 0 Å². The lowest BCUT2D eigenvalue weighted by atomic mass is 10.1. The molecule has 0 bridgehead atoms. The fourth-order valence-electron chi connectivity index (χ4n) is 3.05. The van der Waals surface area contributed by atoms with Crippen molar-refractivity contribution in [3.8, 4) is 5.69 Å². The Hall–Kier alpha value is -2.68. The Morgan fingerprint density at radius 1 is 1.31 bits per heavy atom. The van der Waals surface area contributed by atoms with E-state index in [0.29, 0.717) is 17.7 Å². The molecule has 1 atom stereocenters. The minimum Gasteiger partial charge on any atom is -0.279 e. The number of carbonyl (C=O) groups is 1. The summed E-state index contributed by atoms with van der Waals surface area (Å²) in [6, 6.07) is 9.20. The normalized spacial score (nSPS) is 19.1. The summed E-state index contributed by atoms with van der Waals surface area (Å²) in [5.74, 6) is -1.11. The molecule has 1 aliphatic rings. The average Bonchev–Trinajstić information content (AvgIpc) is 3.07. The van der Waals surface area contributed by atoms with Crippen LogP contribution in [0, 0.1) is 12.8 Å². The van der Waals surface area contributed by atoms with E-state index >= 15 is 0 Å². The van der Waals surface area contributed by atoms with E-state index in [9.17, 15) is 18.0 Å². The number of amides is 1. The summed E-state index contributed by atoms with van der Waals surface area (Å²) >= 11 is 0. The standard InChI is InChI=1S/C17H20N4O4S/c1-12-15(10-18-19-16(22)13-8-9-26(24,25)11-13)20(2)21(17(12)23)14-6-4-3-5-7-14/h3-7,10,13H,8-9,11H2,1-2H3,(H,19,22)/b18-10-/t13-/m1/s1. The van der Waals surface area contributed by atoms with Crippen molar-refractivity contribution in [2.24, 2.45) is 18.1 Å². The minimum absolute atomic E-state index is 0.0301. The smallest absolute Gasteiger partial charge is 0.274 e. The van der Waals surface area contributed by atoms with E-state index in [1.165, 1.54) is 10.9 Å². The number of sulfone groups is 1. The molecule has 0 radical (unpaired) electrons. The van der Waals surface area contributed by atoms with Gasteiger partial charge in [0.2, 0.25) is 5.91 Å². The number of rotatable bonds is 4. The molecule has 0 spiro atoms. The van der Waals surface area contributed by atoms with Gasteiger partial charge in [-0.3, -0.25) is 14.3 Å². The maximum atomic E-state index is 12.5. The third-order valence-corrected chi connectivity index (χ3v) is 6.28. The highest BCUT2D eigenvalue weighted by atomic mass is 32.2. The number of aromatic nitrogens is 2. The Morgan fingerprint density at radius 2 is 2.00 bits per heavy atom. The van der Waals surface area contributed by atoms with Gasteiger partial charge >= 0.3 is 0 Å². The molecule has 1 N–H and O–H groups in total. The quantitative estimate of drug-likeness (QED) is 0.615. The number of nitrogens with zero attached hydrogens (tertiary/aromatic N) is 3. The molecule has 2 aromatic rings. The number of benzene rings is 1. The fourth-order valence-corrected chi connectivity index (χ4v) is 4.79. The van der Waals surface area contributed by atoms with Gasteiger partial charge in [-0.1, -0.05) is 18.2 Å². The summed E-state index contributed by atoms with van der Waals surface area (Å²) in [6.07, 6.45) is 1.71. The molecule has 9 heteroatoms. The number of hydrogen-bond acceptors (Lipinski definition) is 5. The van der Waals surface area contributed by atoms with Crippen molar-refractivity contribution < 1.29 is 13.2 Å². The van der Waals surface area contributed by atoms with Gasteiger partial charge in [-0.05, 0) is 25.5 Å². The van der Waals surface area contributed by atoms with E-state index < -0.39 is 21.7 Å². The molecule has 8 nitrogen and oxygen atoms in total. The first-order valence-electron chi connectivity index (χ1n) is 8.17. The molecule has 138 valence electrons. The first kappa shape index (κ1) is 18.1. The van der Waals surface area contributed by atoms with Crippen LogP contribution in [0.3, 0.4) is 0 Å². The summed E-state index contributed by atoms with van der Waals surface area (Å²) < 4.78 is 26.1. The van der Waals surface area contributed by atoms with Crippen molar-refractivity contribution in [1.82, 2.24) is 14.8 Å². The van der Waals surface area contributed by atoms with Gasteiger partial charge in [0, 0.05) is 12.6 Å². The number of hydrogen-bond donors (Lipinski definition) is 1. The predicted octanol–water partition coefficient (Wildman–Crippen LogP) is 0.369. The lowest BCUT2D eigenvalue weighted by Crippen LogP contribution is -2.27. The van der Waals surface area contributed by atoms with Gasteiger partial charge in [0.15, 0.2) is 9.84 Å². The van der Waals surface area contributed by atoms with Gasteiger partial charge in [0.05, 0.1) is 35.0 Å². The van der Waals surface area contributed by atoms with Gasteiger partial charge in [0.1, 0.15) is 0 Å². The van der Waals surface area contributed by atoms with Crippen molar-refractivity contribution in [2.75, 3.05) is 11.5 Å². The zero-order chi connectivity index (χ0) is 18.9. The highest BCUT2D eigenvalue weighted by Gasteiger charge is 2.32. The maximum absolute atomic E-state index is 12.5. The largest absolute Gasteiger partial charge is 0.279 e. The molecule has 1 saturated heterocycles. The number of hydrazone groups is 1.